The number of alkyl halides is 2. The summed E-state index contributed by atoms with van der Waals surface area (Å²) in [5.74, 6) is -3.14. The first kappa shape index (κ1) is 23.2. The van der Waals surface area contributed by atoms with Crippen molar-refractivity contribution in [2.75, 3.05) is 53.4 Å². The van der Waals surface area contributed by atoms with E-state index in [4.69, 9.17) is 14.5 Å². The van der Waals surface area contributed by atoms with Crippen LogP contribution in [-0.4, -0.2) is 65.7 Å². The quantitative estimate of drug-likeness (QED) is 0.604. The Labute approximate surface area is 205 Å². The highest BCUT2D eigenvalue weighted by molar-refractivity contribution is 8.26. The van der Waals surface area contributed by atoms with Gasteiger partial charge in [-0.2, -0.15) is 0 Å². The van der Waals surface area contributed by atoms with Gasteiger partial charge in [-0.15, -0.1) is 0 Å². The van der Waals surface area contributed by atoms with Gasteiger partial charge in [0, 0.05) is 57.4 Å². The Kier molecular flexibility index (Phi) is 5.25. The molecule has 4 heterocycles. The molecule has 2 N–H and O–H groups in total. The molecule has 2 aromatic rings. The Morgan fingerprint density at radius 1 is 1.09 bits per heavy atom. The van der Waals surface area contributed by atoms with E-state index < -0.39 is 28.6 Å². The van der Waals surface area contributed by atoms with Gasteiger partial charge < -0.3 is 14.4 Å². The van der Waals surface area contributed by atoms with Crippen molar-refractivity contribution in [1.29, 1.82) is 0 Å². The third-order valence-electron chi connectivity index (χ3n) is 7.59. The van der Waals surface area contributed by atoms with Gasteiger partial charge in [0.1, 0.15) is 5.82 Å². The Morgan fingerprint density at radius 3 is 2.43 bits per heavy atom. The van der Waals surface area contributed by atoms with Crippen LogP contribution in [0.2, 0.25) is 0 Å². The van der Waals surface area contributed by atoms with Crippen molar-refractivity contribution in [3.63, 3.8) is 0 Å². The lowest BCUT2D eigenvalue weighted by molar-refractivity contribution is -0.169. The summed E-state index contributed by atoms with van der Waals surface area (Å²) in [5, 5.41) is 0. The predicted molar refractivity (Wildman–Crippen MR) is 132 cm³/mol. The van der Waals surface area contributed by atoms with E-state index in [1.54, 1.807) is 13.1 Å². The number of ether oxygens (including phenoxy) is 2. The van der Waals surface area contributed by atoms with E-state index in [-0.39, 0.29) is 13.0 Å². The van der Waals surface area contributed by atoms with Crippen LogP contribution in [0.25, 0.3) is 11.3 Å². The number of anilines is 3. The zero-order valence-corrected chi connectivity index (χ0v) is 20.6. The first-order valence-electron chi connectivity index (χ1n) is 11.9. The summed E-state index contributed by atoms with van der Waals surface area (Å²) in [4.78, 5) is 7.21. The number of nitrogens with zero attached hydrogens (tertiary/aromatic N) is 4. The Balaban J connectivity index is 1.27. The first-order valence-corrected chi connectivity index (χ1v) is 13.4. The van der Waals surface area contributed by atoms with Gasteiger partial charge in [-0.25, -0.2) is 13.8 Å². The standard InChI is InChI=1S/C24H30F2N4O4S/c1-16-3-5-19(27-22(16)29-9-7-23(8-10-29)33-11-12-34-23)17-4-6-20-21(13-17)28(2)35(31,32)30(20)15-18-14-24(18,25)26/h3-6,13,18,31-32H,7-12,14-15H2,1-2H3. The second-order valence-electron chi connectivity index (χ2n) is 9.85. The van der Waals surface area contributed by atoms with Gasteiger partial charge in [0.2, 0.25) is 0 Å². The van der Waals surface area contributed by atoms with Crippen LogP contribution in [0.3, 0.4) is 0 Å². The molecule has 35 heavy (non-hydrogen) atoms. The van der Waals surface area contributed by atoms with Crippen molar-refractivity contribution in [3.05, 3.63) is 35.9 Å². The molecular formula is C24H30F2N4O4S. The molecular weight excluding hydrogens is 478 g/mol. The Morgan fingerprint density at radius 2 is 1.77 bits per heavy atom. The van der Waals surface area contributed by atoms with Gasteiger partial charge >= 0.3 is 0 Å². The van der Waals surface area contributed by atoms with Crippen LogP contribution in [0.4, 0.5) is 26.0 Å². The number of aromatic nitrogens is 1. The zero-order chi connectivity index (χ0) is 24.6. The van der Waals surface area contributed by atoms with E-state index >= 15 is 0 Å². The summed E-state index contributed by atoms with van der Waals surface area (Å²) in [6.45, 7) is 4.80. The third kappa shape index (κ3) is 3.84. The maximum Gasteiger partial charge on any atom is 0.253 e. The number of piperidine rings is 1. The molecule has 0 bridgehead atoms. The molecule has 6 rings (SSSR count). The second-order valence-corrected chi connectivity index (χ2v) is 11.8. The van der Waals surface area contributed by atoms with Crippen molar-refractivity contribution in [1.82, 2.24) is 4.98 Å². The van der Waals surface area contributed by atoms with Gasteiger partial charge in [-0.05, 0) is 41.6 Å². The summed E-state index contributed by atoms with van der Waals surface area (Å²) in [7, 11) is -1.81. The molecule has 4 aliphatic rings. The lowest BCUT2D eigenvalue weighted by atomic mass is 10.0. The number of hydrogen-bond donors (Lipinski definition) is 2. The van der Waals surface area contributed by atoms with E-state index in [1.807, 2.05) is 31.2 Å². The summed E-state index contributed by atoms with van der Waals surface area (Å²) in [5.41, 5.74) is 3.79. The van der Waals surface area contributed by atoms with Gasteiger partial charge in [-0.3, -0.25) is 17.7 Å². The van der Waals surface area contributed by atoms with Gasteiger partial charge in [-0.1, -0.05) is 12.1 Å². The van der Waals surface area contributed by atoms with Gasteiger partial charge in [0.05, 0.1) is 30.3 Å². The largest absolute Gasteiger partial charge is 0.356 e. The number of pyridine rings is 1. The first-order chi connectivity index (χ1) is 16.6. The maximum absolute atomic E-state index is 13.5. The van der Waals surface area contributed by atoms with Crippen molar-refractivity contribution >= 4 is 28.2 Å². The molecule has 1 aliphatic carbocycles. The Hall–Kier alpha value is -2.18. The molecule has 1 unspecified atom stereocenters. The SMILES string of the molecule is Cc1ccc(-c2ccc3c(c2)N(C)S(O)(O)N3CC2CC2(F)F)nc1N1CCC2(CC1)OCCO2. The maximum atomic E-state index is 13.5. The number of halogens is 2. The van der Waals surface area contributed by atoms with Crippen molar-refractivity contribution in [3.8, 4) is 11.3 Å². The summed E-state index contributed by atoms with van der Waals surface area (Å²) in [6, 6.07) is 9.46. The van der Waals surface area contributed by atoms with Crippen LogP contribution in [0.15, 0.2) is 30.3 Å². The zero-order valence-electron chi connectivity index (χ0n) is 19.8. The smallest absolute Gasteiger partial charge is 0.253 e. The van der Waals surface area contributed by atoms with Gasteiger partial charge in [0.15, 0.2) is 5.79 Å². The predicted octanol–water partition coefficient (Wildman–Crippen LogP) is 4.89. The van der Waals surface area contributed by atoms with E-state index in [1.165, 1.54) is 8.61 Å². The topological polar surface area (TPSA) is 81.5 Å². The highest BCUT2D eigenvalue weighted by atomic mass is 32.3. The number of aryl methyl sites for hydroxylation is 1. The normalized spacial score (nSPS) is 26.8. The molecule has 2 saturated heterocycles. The van der Waals surface area contributed by atoms with Crippen LogP contribution < -0.4 is 13.5 Å². The molecule has 0 radical (unpaired) electrons. The van der Waals surface area contributed by atoms with Crippen molar-refractivity contribution in [2.24, 2.45) is 5.92 Å². The van der Waals surface area contributed by atoms with Crippen LogP contribution in [0, 0.1) is 12.8 Å². The van der Waals surface area contributed by atoms with Gasteiger partial charge in [0.25, 0.3) is 5.92 Å². The fourth-order valence-electron chi connectivity index (χ4n) is 5.27. The molecule has 1 aromatic heterocycles. The molecule has 1 spiro atoms. The minimum absolute atomic E-state index is 0.0944. The van der Waals surface area contributed by atoms with Crippen LogP contribution in [0.1, 0.15) is 24.8 Å². The van der Waals surface area contributed by atoms with Crippen molar-refractivity contribution < 1.29 is 27.4 Å². The number of hydrogen-bond acceptors (Lipinski definition) is 8. The molecule has 11 heteroatoms. The van der Waals surface area contributed by atoms with E-state index in [9.17, 15) is 17.9 Å². The van der Waals surface area contributed by atoms with Crippen molar-refractivity contribution in [2.45, 2.75) is 37.9 Å². The lowest BCUT2D eigenvalue weighted by Gasteiger charge is -2.42. The highest BCUT2D eigenvalue weighted by Crippen LogP contribution is 2.63. The summed E-state index contributed by atoms with van der Waals surface area (Å²) < 4.78 is 63.1. The lowest BCUT2D eigenvalue weighted by Crippen LogP contribution is -2.45. The van der Waals surface area contributed by atoms with E-state index in [0.29, 0.717) is 24.6 Å². The Bertz CT molecular complexity index is 1150. The molecule has 1 atom stereocenters. The van der Waals surface area contributed by atoms with E-state index in [0.717, 1.165) is 48.6 Å². The average molecular weight is 509 g/mol. The number of fused-ring (bicyclic) bond motifs is 1. The minimum atomic E-state index is -3.39. The summed E-state index contributed by atoms with van der Waals surface area (Å²) >= 11 is 0. The molecule has 1 aromatic carbocycles. The molecule has 3 fully saturated rings. The van der Waals surface area contributed by atoms with Crippen LogP contribution >= 0.6 is 11.0 Å². The third-order valence-corrected chi connectivity index (χ3v) is 9.46. The fraction of sp³-hybridized carbons (Fsp3) is 0.542. The molecule has 190 valence electrons. The molecule has 3 aliphatic heterocycles. The average Bonchev–Trinajstić information content (AvgIpc) is 3.12. The minimum Gasteiger partial charge on any atom is -0.356 e. The fourth-order valence-corrected chi connectivity index (χ4v) is 6.77. The molecule has 8 nitrogen and oxygen atoms in total. The monoisotopic (exact) mass is 508 g/mol. The number of benzene rings is 1. The molecule has 0 amide bonds. The van der Waals surface area contributed by atoms with Crippen LogP contribution in [0.5, 0.6) is 0 Å². The molecule has 1 saturated carbocycles. The summed E-state index contributed by atoms with van der Waals surface area (Å²) in [6.07, 6.45) is 1.35. The second kappa shape index (κ2) is 7.91. The number of rotatable bonds is 4. The van der Waals surface area contributed by atoms with E-state index in [2.05, 4.69) is 4.90 Å². The highest BCUT2D eigenvalue weighted by Gasteiger charge is 2.59. The van der Waals surface area contributed by atoms with Crippen LogP contribution in [-0.2, 0) is 9.47 Å².